The summed E-state index contributed by atoms with van der Waals surface area (Å²) in [5.41, 5.74) is 0. The molecule has 6 nitrogen and oxygen atoms in total. The Balaban J connectivity index is 4.28. The standard InChI is InChI=1S/C50H96O6/c1-5-7-9-11-13-15-17-18-19-22-26-29-33-37-41-48(51)54-44-47(56-50(53)43-39-35-31-25-16-14-12-10-8-6-2)45-55-49(52)42-38-34-30-27-23-20-21-24-28-32-36-40-46(3)4/h46-47H,5-45H2,1-4H3/t47-/m1/s1. The van der Waals surface area contributed by atoms with Gasteiger partial charge in [0.25, 0.3) is 0 Å². The van der Waals surface area contributed by atoms with Crippen LogP contribution in [0.15, 0.2) is 0 Å². The fourth-order valence-electron chi connectivity index (χ4n) is 7.51. The van der Waals surface area contributed by atoms with E-state index in [1.807, 2.05) is 0 Å². The maximum atomic E-state index is 12.7. The highest BCUT2D eigenvalue weighted by molar-refractivity contribution is 5.71. The first-order chi connectivity index (χ1) is 27.4. The molecule has 0 aromatic rings. The van der Waals surface area contributed by atoms with Crippen LogP contribution in [0.3, 0.4) is 0 Å². The van der Waals surface area contributed by atoms with Crippen LogP contribution < -0.4 is 0 Å². The summed E-state index contributed by atoms with van der Waals surface area (Å²) in [6, 6.07) is 0. The number of carbonyl (C=O) groups is 3. The lowest BCUT2D eigenvalue weighted by molar-refractivity contribution is -0.167. The highest BCUT2D eigenvalue weighted by atomic mass is 16.6. The lowest BCUT2D eigenvalue weighted by atomic mass is 10.0. The predicted molar refractivity (Wildman–Crippen MR) is 238 cm³/mol. The third-order valence-corrected chi connectivity index (χ3v) is 11.3. The monoisotopic (exact) mass is 793 g/mol. The molecule has 0 bridgehead atoms. The molecule has 0 aromatic heterocycles. The summed E-state index contributed by atoms with van der Waals surface area (Å²) in [6.45, 7) is 9.00. The summed E-state index contributed by atoms with van der Waals surface area (Å²) in [5, 5.41) is 0. The summed E-state index contributed by atoms with van der Waals surface area (Å²) in [6.07, 6.45) is 45.1. The van der Waals surface area contributed by atoms with Crippen molar-refractivity contribution in [3.05, 3.63) is 0 Å². The van der Waals surface area contributed by atoms with Crippen molar-refractivity contribution in [1.82, 2.24) is 0 Å². The zero-order valence-corrected chi connectivity index (χ0v) is 38.1. The first-order valence-corrected chi connectivity index (χ1v) is 24.9. The third kappa shape index (κ3) is 43.5. The Morgan fingerprint density at radius 1 is 0.339 bits per heavy atom. The molecule has 0 N–H and O–H groups in total. The number of rotatable bonds is 45. The zero-order chi connectivity index (χ0) is 41.0. The number of hydrogen-bond donors (Lipinski definition) is 0. The SMILES string of the molecule is CCCCCCCCCCCCCCCCC(=O)OC[C@H](COC(=O)CCCCCCCCCCCCCC(C)C)OC(=O)CCCCCCCCCCCC. The molecule has 0 saturated heterocycles. The molecule has 0 aliphatic heterocycles. The summed E-state index contributed by atoms with van der Waals surface area (Å²) in [7, 11) is 0. The van der Waals surface area contributed by atoms with E-state index in [2.05, 4.69) is 27.7 Å². The fourth-order valence-corrected chi connectivity index (χ4v) is 7.51. The van der Waals surface area contributed by atoms with Crippen LogP contribution in [0.5, 0.6) is 0 Å². The van der Waals surface area contributed by atoms with Crippen LogP contribution in [0.25, 0.3) is 0 Å². The van der Waals surface area contributed by atoms with Gasteiger partial charge in [-0.05, 0) is 25.2 Å². The van der Waals surface area contributed by atoms with Crippen LogP contribution in [0, 0.1) is 5.92 Å². The van der Waals surface area contributed by atoms with E-state index in [1.165, 1.54) is 173 Å². The number of esters is 3. The van der Waals surface area contributed by atoms with Gasteiger partial charge in [-0.3, -0.25) is 14.4 Å². The van der Waals surface area contributed by atoms with Gasteiger partial charge in [0.2, 0.25) is 0 Å². The van der Waals surface area contributed by atoms with E-state index in [1.54, 1.807) is 0 Å². The number of hydrogen-bond acceptors (Lipinski definition) is 6. The van der Waals surface area contributed by atoms with Gasteiger partial charge in [-0.25, -0.2) is 0 Å². The number of carbonyl (C=O) groups excluding carboxylic acids is 3. The Hall–Kier alpha value is -1.59. The largest absolute Gasteiger partial charge is 0.462 e. The van der Waals surface area contributed by atoms with Gasteiger partial charge in [0, 0.05) is 19.3 Å². The second-order valence-corrected chi connectivity index (χ2v) is 17.6. The van der Waals surface area contributed by atoms with Crippen molar-refractivity contribution in [2.24, 2.45) is 5.92 Å². The van der Waals surface area contributed by atoms with Crippen molar-refractivity contribution < 1.29 is 28.6 Å². The van der Waals surface area contributed by atoms with Gasteiger partial charge in [-0.1, -0.05) is 240 Å². The van der Waals surface area contributed by atoms with Crippen molar-refractivity contribution in [3.63, 3.8) is 0 Å². The highest BCUT2D eigenvalue weighted by Crippen LogP contribution is 2.17. The molecule has 0 aromatic carbocycles. The molecule has 0 saturated carbocycles. The molecule has 0 aliphatic rings. The maximum Gasteiger partial charge on any atom is 0.306 e. The molecule has 56 heavy (non-hydrogen) atoms. The Morgan fingerprint density at radius 3 is 0.875 bits per heavy atom. The van der Waals surface area contributed by atoms with Gasteiger partial charge in [-0.2, -0.15) is 0 Å². The average Bonchev–Trinajstić information content (AvgIpc) is 3.18. The normalized spacial score (nSPS) is 11.9. The Labute approximate surface area is 348 Å². The second-order valence-electron chi connectivity index (χ2n) is 17.6. The van der Waals surface area contributed by atoms with Crippen molar-refractivity contribution in [1.29, 1.82) is 0 Å². The van der Waals surface area contributed by atoms with E-state index < -0.39 is 6.10 Å². The summed E-state index contributed by atoms with van der Waals surface area (Å²) in [5.74, 6) is -0.0217. The third-order valence-electron chi connectivity index (χ3n) is 11.3. The van der Waals surface area contributed by atoms with Crippen molar-refractivity contribution in [2.45, 2.75) is 284 Å². The lowest BCUT2D eigenvalue weighted by Gasteiger charge is -2.18. The average molecular weight is 793 g/mol. The van der Waals surface area contributed by atoms with E-state index in [9.17, 15) is 14.4 Å². The molecule has 332 valence electrons. The van der Waals surface area contributed by atoms with Gasteiger partial charge >= 0.3 is 17.9 Å². The lowest BCUT2D eigenvalue weighted by Crippen LogP contribution is -2.30. The minimum Gasteiger partial charge on any atom is -0.462 e. The maximum absolute atomic E-state index is 12.7. The van der Waals surface area contributed by atoms with Crippen LogP contribution >= 0.6 is 0 Å². The fraction of sp³-hybridized carbons (Fsp3) is 0.940. The van der Waals surface area contributed by atoms with Crippen molar-refractivity contribution >= 4 is 17.9 Å². The minimum atomic E-state index is -0.759. The Bertz CT molecular complexity index is 841. The summed E-state index contributed by atoms with van der Waals surface area (Å²) < 4.78 is 16.8. The van der Waals surface area contributed by atoms with Crippen LogP contribution in [0.1, 0.15) is 278 Å². The molecule has 0 amide bonds. The molecule has 0 fully saturated rings. The van der Waals surface area contributed by atoms with E-state index in [0.717, 1.165) is 63.7 Å². The molecule has 0 spiro atoms. The van der Waals surface area contributed by atoms with E-state index >= 15 is 0 Å². The van der Waals surface area contributed by atoms with Crippen LogP contribution in [0.2, 0.25) is 0 Å². The highest BCUT2D eigenvalue weighted by Gasteiger charge is 2.19. The van der Waals surface area contributed by atoms with Gasteiger partial charge in [0.1, 0.15) is 13.2 Å². The molecule has 0 aliphatic carbocycles. The zero-order valence-electron chi connectivity index (χ0n) is 38.1. The molecule has 0 heterocycles. The molecule has 0 rings (SSSR count). The Kier molecular flexibility index (Phi) is 43.2. The van der Waals surface area contributed by atoms with Crippen LogP contribution in [-0.2, 0) is 28.6 Å². The molecular formula is C50H96O6. The molecule has 0 radical (unpaired) electrons. The topological polar surface area (TPSA) is 78.9 Å². The molecule has 0 unspecified atom stereocenters. The second kappa shape index (κ2) is 44.5. The first kappa shape index (κ1) is 54.4. The summed E-state index contributed by atoms with van der Waals surface area (Å²) >= 11 is 0. The molecular weight excluding hydrogens is 697 g/mol. The van der Waals surface area contributed by atoms with Gasteiger partial charge in [0.15, 0.2) is 6.10 Å². The van der Waals surface area contributed by atoms with Crippen molar-refractivity contribution in [2.75, 3.05) is 13.2 Å². The van der Waals surface area contributed by atoms with E-state index in [-0.39, 0.29) is 31.1 Å². The first-order valence-electron chi connectivity index (χ1n) is 24.9. The van der Waals surface area contributed by atoms with E-state index in [4.69, 9.17) is 14.2 Å². The molecule has 6 heteroatoms. The van der Waals surface area contributed by atoms with Gasteiger partial charge in [0.05, 0.1) is 0 Å². The quantitative estimate of drug-likeness (QED) is 0.0347. The predicted octanol–water partition coefficient (Wildman–Crippen LogP) is 15.9. The van der Waals surface area contributed by atoms with Gasteiger partial charge in [-0.15, -0.1) is 0 Å². The number of unbranched alkanes of at least 4 members (excludes halogenated alkanes) is 32. The van der Waals surface area contributed by atoms with Gasteiger partial charge < -0.3 is 14.2 Å². The van der Waals surface area contributed by atoms with Crippen LogP contribution in [0.4, 0.5) is 0 Å². The van der Waals surface area contributed by atoms with Crippen LogP contribution in [-0.4, -0.2) is 37.2 Å². The minimum absolute atomic E-state index is 0.0631. The molecule has 1 atom stereocenters. The number of ether oxygens (including phenoxy) is 3. The van der Waals surface area contributed by atoms with E-state index in [0.29, 0.717) is 19.3 Å². The van der Waals surface area contributed by atoms with Crippen molar-refractivity contribution in [3.8, 4) is 0 Å². The smallest absolute Gasteiger partial charge is 0.306 e. The summed E-state index contributed by atoms with van der Waals surface area (Å²) in [4.78, 5) is 37.8. The Morgan fingerprint density at radius 2 is 0.589 bits per heavy atom.